The Kier molecular flexibility index (Phi) is 9.07. The molecule has 1 saturated heterocycles. The summed E-state index contributed by atoms with van der Waals surface area (Å²) >= 11 is 0. The van der Waals surface area contributed by atoms with E-state index in [0.29, 0.717) is 16.8 Å². The first kappa shape index (κ1) is 29.7. The van der Waals surface area contributed by atoms with Gasteiger partial charge in [0, 0.05) is 12.5 Å². The molecule has 3 rings (SSSR count). The van der Waals surface area contributed by atoms with Crippen molar-refractivity contribution >= 4 is 39.6 Å². The molecule has 0 aromatic heterocycles. The molecule has 11 nitrogen and oxygen atoms in total. The summed E-state index contributed by atoms with van der Waals surface area (Å²) in [5.74, 6) is -0.849. The Balaban J connectivity index is 1.81. The van der Waals surface area contributed by atoms with Crippen LogP contribution in [0, 0.1) is 5.82 Å². The number of carbonyl (C=O) groups is 3. The second kappa shape index (κ2) is 11.9. The van der Waals surface area contributed by atoms with Crippen LogP contribution in [-0.4, -0.2) is 69.9 Å². The van der Waals surface area contributed by atoms with Crippen LogP contribution < -0.4 is 10.2 Å². The van der Waals surface area contributed by atoms with E-state index in [-0.39, 0.29) is 30.3 Å². The maximum absolute atomic E-state index is 15.1. The molecule has 1 heterocycles. The molecule has 1 N–H and O–H groups in total. The van der Waals surface area contributed by atoms with Gasteiger partial charge < -0.3 is 14.8 Å². The van der Waals surface area contributed by atoms with Gasteiger partial charge in [0.25, 0.3) is 10.1 Å². The van der Waals surface area contributed by atoms with Gasteiger partial charge in [-0.3, -0.25) is 13.9 Å². The Labute approximate surface area is 226 Å². The zero-order valence-corrected chi connectivity index (χ0v) is 23.0. The van der Waals surface area contributed by atoms with Crippen LogP contribution in [0.4, 0.5) is 19.7 Å². The van der Waals surface area contributed by atoms with Crippen molar-refractivity contribution in [2.45, 2.75) is 39.4 Å². The molecule has 1 aliphatic rings. The van der Waals surface area contributed by atoms with Gasteiger partial charge in [0.2, 0.25) is 5.91 Å². The molecule has 1 atom stereocenters. The van der Waals surface area contributed by atoms with Gasteiger partial charge in [-0.2, -0.15) is 13.4 Å². The normalized spacial score (nSPS) is 16.2. The molecule has 0 radical (unpaired) electrons. The fourth-order valence-electron chi connectivity index (χ4n) is 3.58. The average Bonchev–Trinajstić information content (AvgIpc) is 3.19. The van der Waals surface area contributed by atoms with Crippen molar-refractivity contribution < 1.29 is 40.8 Å². The minimum atomic E-state index is -3.82. The van der Waals surface area contributed by atoms with E-state index in [0.717, 1.165) is 6.26 Å². The number of nitrogens with zero attached hydrogens (tertiary/aromatic N) is 2. The summed E-state index contributed by atoms with van der Waals surface area (Å²) in [7, 11) is -3.82. The Morgan fingerprint density at radius 2 is 1.85 bits per heavy atom. The lowest BCUT2D eigenvalue weighted by Crippen LogP contribution is -2.33. The van der Waals surface area contributed by atoms with Crippen LogP contribution >= 0.6 is 0 Å². The first-order chi connectivity index (χ1) is 18.1. The molecular weight excluding hydrogens is 533 g/mol. The van der Waals surface area contributed by atoms with E-state index in [9.17, 15) is 22.8 Å². The predicted molar refractivity (Wildman–Crippen MR) is 142 cm³/mol. The van der Waals surface area contributed by atoms with E-state index in [1.165, 1.54) is 24.0 Å². The molecule has 2 aromatic carbocycles. The molecule has 1 fully saturated rings. The van der Waals surface area contributed by atoms with Crippen molar-refractivity contribution in [1.82, 2.24) is 5.32 Å². The largest absolute Gasteiger partial charge is 0.442 e. The summed E-state index contributed by atoms with van der Waals surface area (Å²) < 4.78 is 53.3. The lowest BCUT2D eigenvalue weighted by molar-refractivity contribution is -0.119. The second-order valence-corrected chi connectivity index (χ2v) is 11.4. The van der Waals surface area contributed by atoms with Gasteiger partial charge in [0.05, 0.1) is 30.7 Å². The standard InChI is InChI=1S/C26H30FN3O8S/c1-16(31)28-13-20-14-30(25(33)37-20)19-10-11-21(22(27)12-19)17-6-8-18(9-7-17)23(15-36-39(5,34)35)29-24(32)38-26(2,3)4/h6-12,20H,13-15H2,1-5H3,(H,28,31)/b29-23+/t20-/m0/s1. The molecule has 210 valence electrons. The van der Waals surface area contributed by atoms with E-state index in [2.05, 4.69) is 10.3 Å². The lowest BCUT2D eigenvalue weighted by Gasteiger charge is -2.18. The first-order valence-corrected chi connectivity index (χ1v) is 13.7. The first-order valence-electron chi connectivity index (χ1n) is 11.9. The lowest BCUT2D eigenvalue weighted by atomic mass is 10.0. The van der Waals surface area contributed by atoms with Crippen molar-refractivity contribution in [1.29, 1.82) is 0 Å². The third-order valence-electron chi connectivity index (χ3n) is 5.28. The van der Waals surface area contributed by atoms with Gasteiger partial charge in [-0.05, 0) is 50.1 Å². The molecule has 0 aliphatic carbocycles. The minimum absolute atomic E-state index is 0.0124. The van der Waals surface area contributed by atoms with E-state index in [1.54, 1.807) is 51.1 Å². The summed E-state index contributed by atoms with van der Waals surface area (Å²) in [4.78, 5) is 40.7. The number of cyclic esters (lactones) is 1. The molecule has 2 aromatic rings. The van der Waals surface area contributed by atoms with Crippen molar-refractivity contribution in [3.05, 3.63) is 53.8 Å². The van der Waals surface area contributed by atoms with Gasteiger partial charge in [0.1, 0.15) is 24.1 Å². The second-order valence-electron chi connectivity index (χ2n) is 9.80. The summed E-state index contributed by atoms with van der Waals surface area (Å²) in [6.07, 6.45) is -1.24. The topological polar surface area (TPSA) is 141 Å². The van der Waals surface area contributed by atoms with E-state index in [4.69, 9.17) is 13.7 Å². The molecule has 0 unspecified atom stereocenters. The smallest absolute Gasteiger partial charge is 0.434 e. The number of ether oxygens (including phenoxy) is 2. The number of halogens is 1. The van der Waals surface area contributed by atoms with Gasteiger partial charge in [0.15, 0.2) is 0 Å². The highest BCUT2D eigenvalue weighted by atomic mass is 32.2. The third-order valence-corrected chi connectivity index (χ3v) is 5.82. The van der Waals surface area contributed by atoms with Crippen LogP contribution in [0.5, 0.6) is 0 Å². The Hall–Kier alpha value is -3.84. The molecule has 39 heavy (non-hydrogen) atoms. The number of benzene rings is 2. The Morgan fingerprint density at radius 1 is 1.18 bits per heavy atom. The fraction of sp³-hybridized carbons (Fsp3) is 0.385. The molecule has 3 amide bonds. The number of rotatable bonds is 8. The van der Waals surface area contributed by atoms with Crippen molar-refractivity contribution in [3.63, 3.8) is 0 Å². The number of nitrogens with one attached hydrogen (secondary N) is 1. The van der Waals surface area contributed by atoms with E-state index < -0.39 is 46.4 Å². The number of amides is 3. The van der Waals surface area contributed by atoms with E-state index in [1.807, 2.05) is 0 Å². The zero-order valence-electron chi connectivity index (χ0n) is 22.2. The fourth-order valence-corrected chi connectivity index (χ4v) is 3.91. The number of carbonyl (C=O) groups excluding carboxylic acids is 3. The molecular formula is C26H30FN3O8S. The SMILES string of the molecule is CC(=O)NC[C@H]1CN(c2ccc(-c3ccc(/C(COS(C)(=O)=O)=N/C(=O)OC(C)(C)C)cc3)c(F)c2)C(=O)O1. The van der Waals surface area contributed by atoms with Crippen LogP contribution in [0.25, 0.3) is 11.1 Å². The molecule has 0 bridgehead atoms. The highest BCUT2D eigenvalue weighted by Crippen LogP contribution is 2.29. The monoisotopic (exact) mass is 563 g/mol. The van der Waals surface area contributed by atoms with Crippen LogP contribution in [-0.2, 0) is 28.6 Å². The van der Waals surface area contributed by atoms with Gasteiger partial charge >= 0.3 is 12.2 Å². The highest BCUT2D eigenvalue weighted by Gasteiger charge is 2.32. The zero-order chi connectivity index (χ0) is 29.0. The van der Waals surface area contributed by atoms with Crippen molar-refractivity contribution in [2.24, 2.45) is 4.99 Å². The van der Waals surface area contributed by atoms with Crippen LogP contribution in [0.2, 0.25) is 0 Å². The Morgan fingerprint density at radius 3 is 2.41 bits per heavy atom. The van der Waals surface area contributed by atoms with Gasteiger partial charge in [-0.25, -0.2) is 14.0 Å². The van der Waals surface area contributed by atoms with E-state index >= 15 is 4.39 Å². The minimum Gasteiger partial charge on any atom is -0.442 e. The molecule has 0 saturated carbocycles. The molecule has 0 spiro atoms. The van der Waals surface area contributed by atoms with Crippen molar-refractivity contribution in [3.8, 4) is 11.1 Å². The molecule has 13 heteroatoms. The van der Waals surface area contributed by atoms with Crippen molar-refractivity contribution in [2.75, 3.05) is 30.9 Å². The van der Waals surface area contributed by atoms with Gasteiger partial charge in [-0.15, -0.1) is 0 Å². The number of aliphatic imine (C=N–C) groups is 1. The van der Waals surface area contributed by atoms with Crippen LogP contribution in [0.1, 0.15) is 33.3 Å². The maximum Gasteiger partial charge on any atom is 0.434 e. The maximum atomic E-state index is 15.1. The van der Waals surface area contributed by atoms with Crippen LogP contribution in [0.15, 0.2) is 47.5 Å². The quantitative estimate of drug-likeness (QED) is 0.379. The molecule has 1 aliphatic heterocycles. The summed E-state index contributed by atoms with van der Waals surface area (Å²) in [6, 6.07) is 10.5. The highest BCUT2D eigenvalue weighted by molar-refractivity contribution is 7.86. The summed E-state index contributed by atoms with van der Waals surface area (Å²) in [5.41, 5.74) is 0.595. The van der Waals surface area contributed by atoms with Crippen LogP contribution in [0.3, 0.4) is 0 Å². The average molecular weight is 564 g/mol. The summed E-state index contributed by atoms with van der Waals surface area (Å²) in [6.45, 7) is 6.15. The number of hydrogen-bond donors (Lipinski definition) is 1. The number of anilines is 1. The number of hydrogen-bond acceptors (Lipinski definition) is 8. The van der Waals surface area contributed by atoms with Gasteiger partial charge in [-0.1, -0.05) is 24.3 Å². The summed E-state index contributed by atoms with van der Waals surface area (Å²) in [5, 5.41) is 2.58. The third kappa shape index (κ3) is 8.86. The Bertz CT molecular complexity index is 1380. The predicted octanol–water partition coefficient (Wildman–Crippen LogP) is 3.65.